The molecule has 1 rings (SSSR count). The second-order valence-electron chi connectivity index (χ2n) is 4.26. The third-order valence-corrected chi connectivity index (χ3v) is 2.93. The van der Waals surface area contributed by atoms with Crippen LogP contribution >= 0.6 is 0 Å². The Kier molecular flexibility index (Phi) is 3.91. The quantitative estimate of drug-likeness (QED) is 0.691. The molecule has 0 aromatic carbocycles. The van der Waals surface area contributed by atoms with Crippen molar-refractivity contribution in [3.8, 4) is 0 Å². The summed E-state index contributed by atoms with van der Waals surface area (Å²) in [4.78, 5) is 10.6. The normalized spacial score (nSPS) is 22.1. The molecule has 0 aliphatic heterocycles. The highest BCUT2D eigenvalue weighted by molar-refractivity contribution is 5.83. The minimum atomic E-state index is -4.79. The van der Waals surface area contributed by atoms with Crippen LogP contribution in [0, 0.1) is 5.92 Å². The van der Waals surface area contributed by atoms with Crippen LogP contribution in [0.1, 0.15) is 38.5 Å². The van der Waals surface area contributed by atoms with Crippen LogP contribution in [0.4, 0.5) is 22.0 Å². The van der Waals surface area contributed by atoms with Gasteiger partial charge in [0.25, 0.3) is 0 Å². The fourth-order valence-corrected chi connectivity index (χ4v) is 1.87. The third kappa shape index (κ3) is 4.06. The zero-order valence-corrected chi connectivity index (χ0v) is 8.62. The van der Waals surface area contributed by atoms with Gasteiger partial charge in [0.15, 0.2) is 0 Å². The molecule has 0 atom stereocenters. The standard InChI is InChI=1S/C10H13F5O/c11-9(12)5-3-7(4-6-9)1-2-8(16)10(13,14)15/h7H,1-6H2. The van der Waals surface area contributed by atoms with Crippen LogP contribution in [0.25, 0.3) is 0 Å². The van der Waals surface area contributed by atoms with E-state index in [1.807, 2.05) is 0 Å². The molecular formula is C10H13F5O. The number of hydrogen-bond acceptors (Lipinski definition) is 1. The summed E-state index contributed by atoms with van der Waals surface area (Å²) in [6, 6.07) is 0. The van der Waals surface area contributed by atoms with Gasteiger partial charge in [-0.2, -0.15) is 13.2 Å². The van der Waals surface area contributed by atoms with E-state index in [1.165, 1.54) is 0 Å². The number of Topliss-reactive ketones (excluding diaryl/α,β-unsaturated/α-hetero) is 1. The first-order valence-electron chi connectivity index (χ1n) is 5.18. The van der Waals surface area contributed by atoms with Crippen LogP contribution in [-0.4, -0.2) is 17.9 Å². The second-order valence-corrected chi connectivity index (χ2v) is 4.26. The van der Waals surface area contributed by atoms with Gasteiger partial charge in [-0.1, -0.05) is 0 Å². The van der Waals surface area contributed by atoms with Crippen LogP contribution < -0.4 is 0 Å². The first-order valence-corrected chi connectivity index (χ1v) is 5.18. The number of alkyl halides is 5. The summed E-state index contributed by atoms with van der Waals surface area (Å²) in [7, 11) is 0. The first kappa shape index (κ1) is 13.4. The highest BCUT2D eigenvalue weighted by atomic mass is 19.4. The Morgan fingerprint density at radius 3 is 2.12 bits per heavy atom. The smallest absolute Gasteiger partial charge is 0.290 e. The van der Waals surface area contributed by atoms with Crippen molar-refractivity contribution >= 4 is 5.78 Å². The Bertz CT molecular complexity index is 248. The van der Waals surface area contributed by atoms with Crippen molar-refractivity contribution in [2.45, 2.75) is 50.6 Å². The van der Waals surface area contributed by atoms with Crippen LogP contribution in [-0.2, 0) is 4.79 Å². The van der Waals surface area contributed by atoms with Crippen molar-refractivity contribution < 1.29 is 26.7 Å². The van der Waals surface area contributed by atoms with Crippen molar-refractivity contribution in [3.63, 3.8) is 0 Å². The number of halogens is 5. The average Bonchev–Trinajstić information content (AvgIpc) is 2.14. The van der Waals surface area contributed by atoms with E-state index in [9.17, 15) is 26.7 Å². The van der Waals surface area contributed by atoms with E-state index in [0.29, 0.717) is 0 Å². The van der Waals surface area contributed by atoms with Gasteiger partial charge in [-0.15, -0.1) is 0 Å². The maximum atomic E-state index is 12.7. The summed E-state index contributed by atoms with van der Waals surface area (Å²) < 4.78 is 61.0. The summed E-state index contributed by atoms with van der Waals surface area (Å²) in [6.45, 7) is 0. The van der Waals surface area contributed by atoms with E-state index < -0.39 is 24.3 Å². The summed E-state index contributed by atoms with van der Waals surface area (Å²) >= 11 is 0. The molecule has 0 amide bonds. The molecule has 0 bridgehead atoms. The largest absolute Gasteiger partial charge is 0.449 e. The molecule has 0 saturated heterocycles. The monoisotopic (exact) mass is 244 g/mol. The van der Waals surface area contributed by atoms with Crippen molar-refractivity contribution in [2.75, 3.05) is 0 Å². The highest BCUT2D eigenvalue weighted by Gasteiger charge is 2.39. The van der Waals surface area contributed by atoms with E-state index in [2.05, 4.69) is 0 Å². The average molecular weight is 244 g/mol. The van der Waals surface area contributed by atoms with Gasteiger partial charge in [0.2, 0.25) is 11.7 Å². The first-order chi connectivity index (χ1) is 7.21. The van der Waals surface area contributed by atoms with Gasteiger partial charge in [0, 0.05) is 19.3 Å². The highest BCUT2D eigenvalue weighted by Crippen LogP contribution is 2.38. The van der Waals surface area contributed by atoms with Gasteiger partial charge in [-0.25, -0.2) is 8.78 Å². The maximum absolute atomic E-state index is 12.7. The van der Waals surface area contributed by atoms with Gasteiger partial charge < -0.3 is 0 Å². The molecule has 1 saturated carbocycles. The van der Waals surface area contributed by atoms with E-state index >= 15 is 0 Å². The predicted octanol–water partition coefficient (Wildman–Crippen LogP) is 3.72. The van der Waals surface area contributed by atoms with Gasteiger partial charge in [-0.05, 0) is 25.2 Å². The summed E-state index contributed by atoms with van der Waals surface area (Å²) in [6.07, 6.45) is -5.46. The van der Waals surface area contributed by atoms with E-state index in [-0.39, 0.29) is 38.0 Å². The van der Waals surface area contributed by atoms with E-state index in [0.717, 1.165) is 0 Å². The molecule has 6 heteroatoms. The third-order valence-electron chi connectivity index (χ3n) is 2.93. The molecule has 0 unspecified atom stereocenters. The molecule has 1 aliphatic carbocycles. The topological polar surface area (TPSA) is 17.1 Å². The lowest BCUT2D eigenvalue weighted by Gasteiger charge is -2.28. The molecule has 16 heavy (non-hydrogen) atoms. The SMILES string of the molecule is O=C(CCC1CCC(F)(F)CC1)C(F)(F)F. The molecule has 0 aromatic heterocycles. The molecule has 0 N–H and O–H groups in total. The number of hydrogen-bond donors (Lipinski definition) is 0. The molecule has 1 aliphatic rings. The molecular weight excluding hydrogens is 231 g/mol. The van der Waals surface area contributed by atoms with Gasteiger partial charge in [0.05, 0.1) is 0 Å². The van der Waals surface area contributed by atoms with Crippen molar-refractivity contribution in [3.05, 3.63) is 0 Å². The Hall–Kier alpha value is -0.680. The van der Waals surface area contributed by atoms with Crippen molar-refractivity contribution in [1.82, 2.24) is 0 Å². The van der Waals surface area contributed by atoms with Crippen LogP contribution in [0.3, 0.4) is 0 Å². The maximum Gasteiger partial charge on any atom is 0.449 e. The van der Waals surface area contributed by atoms with Crippen LogP contribution in [0.2, 0.25) is 0 Å². The lowest BCUT2D eigenvalue weighted by molar-refractivity contribution is -0.171. The fraction of sp³-hybridized carbons (Fsp3) is 0.900. The van der Waals surface area contributed by atoms with E-state index in [1.54, 1.807) is 0 Å². The van der Waals surface area contributed by atoms with Crippen LogP contribution in [0.5, 0.6) is 0 Å². The molecule has 0 heterocycles. The lowest BCUT2D eigenvalue weighted by atomic mass is 9.83. The van der Waals surface area contributed by atoms with Gasteiger partial charge >= 0.3 is 6.18 Å². The molecule has 0 aromatic rings. The summed E-state index contributed by atoms with van der Waals surface area (Å²) in [5, 5.41) is 0. The molecule has 94 valence electrons. The number of carbonyl (C=O) groups excluding carboxylic acids is 1. The molecule has 1 fully saturated rings. The molecule has 0 radical (unpaired) electrons. The Balaban J connectivity index is 2.28. The number of rotatable bonds is 3. The zero-order chi connectivity index (χ0) is 12.4. The minimum Gasteiger partial charge on any atom is -0.290 e. The summed E-state index contributed by atoms with van der Waals surface area (Å²) in [5.41, 5.74) is 0. The number of carbonyl (C=O) groups is 1. The van der Waals surface area contributed by atoms with Gasteiger partial charge in [-0.3, -0.25) is 4.79 Å². The van der Waals surface area contributed by atoms with Gasteiger partial charge in [0.1, 0.15) is 0 Å². The molecule has 0 spiro atoms. The minimum absolute atomic E-state index is 0.0639. The Labute approximate surface area is 90.0 Å². The Morgan fingerprint density at radius 1 is 1.19 bits per heavy atom. The van der Waals surface area contributed by atoms with E-state index in [4.69, 9.17) is 0 Å². The fourth-order valence-electron chi connectivity index (χ4n) is 1.87. The second kappa shape index (κ2) is 4.67. The number of ketones is 1. The Morgan fingerprint density at radius 2 is 1.69 bits per heavy atom. The predicted molar refractivity (Wildman–Crippen MR) is 47.2 cm³/mol. The van der Waals surface area contributed by atoms with Crippen molar-refractivity contribution in [1.29, 1.82) is 0 Å². The molecule has 1 nitrogen and oxygen atoms in total. The van der Waals surface area contributed by atoms with Crippen molar-refractivity contribution in [2.24, 2.45) is 5.92 Å². The summed E-state index contributed by atoms with van der Waals surface area (Å²) in [5.74, 6) is -4.61. The zero-order valence-electron chi connectivity index (χ0n) is 8.62. The lowest BCUT2D eigenvalue weighted by Crippen LogP contribution is -2.27. The van der Waals surface area contributed by atoms with Crippen LogP contribution in [0.15, 0.2) is 0 Å².